The van der Waals surface area contributed by atoms with Crippen molar-refractivity contribution in [3.63, 3.8) is 0 Å². The van der Waals surface area contributed by atoms with Crippen molar-refractivity contribution in [2.45, 2.75) is 407 Å². The minimum Gasteiger partial charge on any atom is -0.463 e. The summed E-state index contributed by atoms with van der Waals surface area (Å²) in [5, 5.41) is 110. The highest BCUT2D eigenvalue weighted by molar-refractivity contribution is 7.47. The monoisotopic (exact) mass is 1430 g/mol. The first kappa shape index (κ1) is 89.9. The van der Waals surface area contributed by atoms with Crippen LogP contribution in [-0.4, -0.2) is 204 Å². The molecule has 0 amide bonds. The zero-order valence-electron chi connectivity index (χ0n) is 60.1. The molecule has 98 heavy (non-hydrogen) atoms. The number of carbonyl (C=O) groups is 3. The lowest BCUT2D eigenvalue weighted by atomic mass is 9.84. The standard InChI is InChI=1S/C73H135O24P/c1-4-7-10-13-16-19-22-25-26-27-28-31-34-37-40-43-46-49-59(77)92-54(51-89-57(75)47-44-41-38-35-32-29-23-20-17-14-11-8-5-2)52-91-98(87,88)97-71-69(95-72-67(85)62(80)60(78)55(50-74)93-72)65(83)64(82)66(84)70(71)96-73-68(86)63(81)61(79)56(94-73)53-90-58(76)48-45-42-39-36-33-30-24-21-18-15-12-9-6-3/h29,32,54-56,60-74,78-86H,4-28,30-31,33-53H2,1-3H3,(H,87,88)/b32-29-. The van der Waals surface area contributed by atoms with E-state index in [0.717, 1.165) is 96.3 Å². The number of hydrogen-bond acceptors (Lipinski definition) is 23. The molecule has 1 aliphatic carbocycles. The van der Waals surface area contributed by atoms with E-state index in [4.69, 9.17) is 42.2 Å². The Morgan fingerprint density at radius 3 is 1.11 bits per heavy atom. The van der Waals surface area contributed by atoms with Gasteiger partial charge in [-0.05, 0) is 44.9 Å². The molecular formula is C73H135O24P. The molecule has 0 bridgehead atoms. The van der Waals surface area contributed by atoms with Gasteiger partial charge in [-0.15, -0.1) is 0 Å². The molecule has 24 nitrogen and oxygen atoms in total. The molecule has 25 heteroatoms. The Morgan fingerprint density at radius 1 is 0.388 bits per heavy atom. The van der Waals surface area contributed by atoms with E-state index in [-0.39, 0.29) is 19.3 Å². The van der Waals surface area contributed by atoms with Crippen LogP contribution in [0.5, 0.6) is 0 Å². The van der Waals surface area contributed by atoms with E-state index in [9.17, 15) is 74.9 Å². The molecule has 11 N–H and O–H groups in total. The molecule has 0 radical (unpaired) electrons. The third-order valence-electron chi connectivity index (χ3n) is 19.0. The minimum absolute atomic E-state index is 0.0279. The van der Waals surface area contributed by atoms with Gasteiger partial charge in [-0.25, -0.2) is 4.57 Å². The second-order valence-electron chi connectivity index (χ2n) is 27.7. The van der Waals surface area contributed by atoms with Crippen molar-refractivity contribution in [2.75, 3.05) is 26.4 Å². The number of allylic oxidation sites excluding steroid dienone is 2. The number of unbranched alkanes of at least 4 members (excludes halogenated alkanes) is 37. The van der Waals surface area contributed by atoms with Gasteiger partial charge in [-0.2, -0.15) is 0 Å². The summed E-state index contributed by atoms with van der Waals surface area (Å²) in [5.41, 5.74) is 0. The molecule has 2 aliphatic heterocycles. The van der Waals surface area contributed by atoms with Crippen LogP contribution in [0.1, 0.15) is 303 Å². The molecule has 576 valence electrons. The molecule has 2 saturated heterocycles. The van der Waals surface area contributed by atoms with Crippen LogP contribution < -0.4 is 0 Å². The summed E-state index contributed by atoms with van der Waals surface area (Å²) in [4.78, 5) is 51.0. The van der Waals surface area contributed by atoms with Crippen LogP contribution in [0.2, 0.25) is 0 Å². The summed E-state index contributed by atoms with van der Waals surface area (Å²) in [7, 11) is -5.70. The van der Waals surface area contributed by atoms with E-state index >= 15 is 0 Å². The number of phosphoric acid groups is 1. The van der Waals surface area contributed by atoms with Gasteiger partial charge in [0.15, 0.2) is 18.7 Å². The van der Waals surface area contributed by atoms with Crippen molar-refractivity contribution < 1.29 is 117 Å². The largest absolute Gasteiger partial charge is 0.472 e. The molecule has 0 spiro atoms. The average Bonchev–Trinajstić information content (AvgIpc) is 0.763. The molecule has 18 atom stereocenters. The third-order valence-corrected chi connectivity index (χ3v) is 20.0. The van der Waals surface area contributed by atoms with Gasteiger partial charge in [0.25, 0.3) is 0 Å². The van der Waals surface area contributed by atoms with Crippen LogP contribution in [-0.2, 0) is 61.2 Å². The number of esters is 3. The second kappa shape index (κ2) is 55.2. The molecule has 0 aromatic carbocycles. The van der Waals surface area contributed by atoms with E-state index in [0.29, 0.717) is 19.3 Å². The first-order chi connectivity index (χ1) is 47.3. The summed E-state index contributed by atoms with van der Waals surface area (Å²) < 4.78 is 65.0. The maximum Gasteiger partial charge on any atom is 0.472 e. The Balaban J connectivity index is 1.73. The van der Waals surface area contributed by atoms with Crippen molar-refractivity contribution in [1.29, 1.82) is 0 Å². The van der Waals surface area contributed by atoms with E-state index < -0.39 is 156 Å². The first-order valence-corrected chi connectivity index (χ1v) is 40.0. The average molecular weight is 1430 g/mol. The van der Waals surface area contributed by atoms with Gasteiger partial charge in [-0.1, -0.05) is 251 Å². The Bertz CT molecular complexity index is 2080. The summed E-state index contributed by atoms with van der Waals surface area (Å²) in [5.74, 6) is -2.00. The number of aliphatic hydroxyl groups is 10. The van der Waals surface area contributed by atoms with Crippen molar-refractivity contribution in [3.05, 3.63) is 12.2 Å². The quantitative estimate of drug-likeness (QED) is 0.00886. The van der Waals surface area contributed by atoms with Gasteiger partial charge in [0.2, 0.25) is 0 Å². The molecule has 0 aromatic heterocycles. The fraction of sp³-hybridized carbons (Fsp3) is 0.932. The Labute approximate surface area is 586 Å². The fourth-order valence-corrected chi connectivity index (χ4v) is 13.7. The Morgan fingerprint density at radius 2 is 0.714 bits per heavy atom. The molecule has 0 aromatic rings. The SMILES string of the molecule is CCCCCCCC/C=C\CCCCCC(=O)OCC(COP(=O)(O)OC1C(OC2OC(CO)C(O)C(O)C2O)C(O)C(O)C(O)C1OC1OC(COC(=O)CCCCCCCCCCCCCCC)C(O)C(O)C1O)OC(=O)CCCCCCCCCCCCCCCCCCC. The zero-order chi connectivity index (χ0) is 71.8. The molecular weight excluding hydrogens is 1290 g/mol. The molecule has 3 fully saturated rings. The van der Waals surface area contributed by atoms with Crippen LogP contribution in [0.15, 0.2) is 12.2 Å². The summed E-state index contributed by atoms with van der Waals surface area (Å²) >= 11 is 0. The summed E-state index contributed by atoms with van der Waals surface area (Å²) in [6.07, 6.45) is 14.2. The topological polar surface area (TPSA) is 374 Å². The number of phosphoric ester groups is 1. The van der Waals surface area contributed by atoms with Gasteiger partial charge in [-0.3, -0.25) is 23.4 Å². The third kappa shape index (κ3) is 37.9. The Hall–Kier alpha value is -2.30. The van der Waals surface area contributed by atoms with Crippen LogP contribution >= 0.6 is 7.82 Å². The molecule has 3 aliphatic rings. The summed E-state index contributed by atoms with van der Waals surface area (Å²) in [6, 6.07) is 0. The van der Waals surface area contributed by atoms with Gasteiger partial charge in [0, 0.05) is 19.3 Å². The van der Waals surface area contributed by atoms with Crippen molar-refractivity contribution in [3.8, 4) is 0 Å². The molecule has 2 heterocycles. The normalized spacial score (nSPS) is 27.7. The van der Waals surface area contributed by atoms with Gasteiger partial charge >= 0.3 is 25.7 Å². The minimum atomic E-state index is -5.70. The Kier molecular flexibility index (Phi) is 50.7. The second-order valence-corrected chi connectivity index (χ2v) is 29.1. The lowest BCUT2D eigenvalue weighted by molar-refractivity contribution is -0.360. The zero-order valence-corrected chi connectivity index (χ0v) is 61.0. The van der Waals surface area contributed by atoms with Crippen molar-refractivity contribution in [1.82, 2.24) is 0 Å². The van der Waals surface area contributed by atoms with Crippen molar-refractivity contribution in [2.24, 2.45) is 0 Å². The van der Waals surface area contributed by atoms with E-state index in [1.807, 2.05) is 0 Å². The number of aliphatic hydroxyl groups excluding tert-OH is 10. The van der Waals surface area contributed by atoms with Crippen LogP contribution in [0.3, 0.4) is 0 Å². The van der Waals surface area contributed by atoms with Crippen LogP contribution in [0, 0.1) is 0 Å². The highest BCUT2D eigenvalue weighted by Crippen LogP contribution is 2.49. The number of hydrogen-bond donors (Lipinski definition) is 11. The van der Waals surface area contributed by atoms with Crippen LogP contribution in [0.4, 0.5) is 0 Å². The van der Waals surface area contributed by atoms with Crippen LogP contribution in [0.25, 0.3) is 0 Å². The van der Waals surface area contributed by atoms with E-state index in [1.165, 1.54) is 148 Å². The maximum absolute atomic E-state index is 14.3. The highest BCUT2D eigenvalue weighted by Gasteiger charge is 2.58. The van der Waals surface area contributed by atoms with E-state index in [1.54, 1.807) is 0 Å². The fourth-order valence-electron chi connectivity index (χ4n) is 12.8. The van der Waals surface area contributed by atoms with Gasteiger partial charge in [0.05, 0.1) is 13.2 Å². The molecule has 3 rings (SSSR count). The molecule has 1 saturated carbocycles. The lowest BCUT2D eigenvalue weighted by Gasteiger charge is -2.49. The maximum atomic E-state index is 14.3. The number of carbonyl (C=O) groups excluding carboxylic acids is 3. The highest BCUT2D eigenvalue weighted by atomic mass is 31.2. The molecule has 18 unspecified atom stereocenters. The predicted molar refractivity (Wildman–Crippen MR) is 370 cm³/mol. The summed E-state index contributed by atoms with van der Waals surface area (Å²) in [6.45, 7) is 3.44. The lowest BCUT2D eigenvalue weighted by Crippen LogP contribution is -2.69. The van der Waals surface area contributed by atoms with Crippen molar-refractivity contribution >= 4 is 25.7 Å². The predicted octanol–water partition coefficient (Wildman–Crippen LogP) is 10.7. The van der Waals surface area contributed by atoms with Gasteiger partial charge in [0.1, 0.15) is 98.7 Å². The smallest absolute Gasteiger partial charge is 0.463 e. The van der Waals surface area contributed by atoms with Gasteiger partial charge < -0.3 is 89.1 Å². The first-order valence-electron chi connectivity index (χ1n) is 38.5. The number of ether oxygens (including phenoxy) is 7. The number of rotatable bonds is 60. The van der Waals surface area contributed by atoms with E-state index in [2.05, 4.69) is 32.9 Å².